The van der Waals surface area contributed by atoms with Crippen molar-refractivity contribution in [2.24, 2.45) is 35.5 Å². The van der Waals surface area contributed by atoms with E-state index >= 15 is 9.59 Å². The molecule has 0 unspecified atom stereocenters. The summed E-state index contributed by atoms with van der Waals surface area (Å²) in [6, 6.07) is 0.473. The molecule has 9 N–H and O–H groups in total. The molecule has 0 saturated carbocycles. The number of nitrogens with zero attached hydrogens (tertiary/aromatic N) is 6. The Balaban J connectivity index is 0.000000860. The van der Waals surface area contributed by atoms with Crippen LogP contribution in [0.15, 0.2) is 41.3 Å². The van der Waals surface area contributed by atoms with Crippen LogP contribution in [0.1, 0.15) is 146 Å². The summed E-state index contributed by atoms with van der Waals surface area (Å²) in [4.78, 5) is 176. The van der Waals surface area contributed by atoms with Gasteiger partial charge in [-0.05, 0) is 112 Å². The van der Waals surface area contributed by atoms with Crippen LogP contribution in [0.2, 0.25) is 0 Å². The number of aliphatic hydroxyl groups is 4. The number of carbonyl (C=O) groups is 11. The Morgan fingerprint density at radius 1 is 0.856 bits per heavy atom. The van der Waals surface area contributed by atoms with E-state index in [1.807, 2.05) is 27.7 Å². The third kappa shape index (κ3) is 21.0. The summed E-state index contributed by atoms with van der Waals surface area (Å²) >= 11 is 0. The van der Waals surface area contributed by atoms with E-state index in [9.17, 15) is 63.3 Å². The van der Waals surface area contributed by atoms with Crippen LogP contribution in [-0.4, -0.2) is 234 Å². The zero-order valence-electron chi connectivity index (χ0n) is 58.5. The van der Waals surface area contributed by atoms with Gasteiger partial charge in [0.2, 0.25) is 35.3 Å². The minimum Gasteiger partial charge on any atom is -0.497 e. The third-order valence-corrected chi connectivity index (χ3v) is 18.7. The third-order valence-electron chi connectivity index (χ3n) is 18.7. The van der Waals surface area contributed by atoms with Crippen molar-refractivity contribution in [1.82, 2.24) is 45.1 Å². The molecule has 0 bridgehead atoms. The highest BCUT2D eigenvalue weighted by Crippen LogP contribution is 2.30. The van der Waals surface area contributed by atoms with Gasteiger partial charge in [-0.15, -0.1) is 0 Å². The summed E-state index contributed by atoms with van der Waals surface area (Å²) in [7, 11) is 4.57. The molecule has 29 heteroatoms. The molecular formula is C68H104N10O19. The zero-order chi connectivity index (χ0) is 72.6. The first kappa shape index (κ1) is 80.1. The second-order valence-electron chi connectivity index (χ2n) is 27.5. The number of Topliss-reactive ketones (excluding diaryl/α,β-unsaturated/α-hetero) is 4. The van der Waals surface area contributed by atoms with E-state index in [0.29, 0.717) is 37.0 Å². The number of nitrogens with two attached hydrogens (primary N) is 1. The van der Waals surface area contributed by atoms with E-state index in [0.717, 1.165) is 11.5 Å². The van der Waals surface area contributed by atoms with Crippen LogP contribution in [0.25, 0.3) is 0 Å². The predicted octanol–water partition coefficient (Wildman–Crippen LogP) is 0.668. The Hall–Kier alpha value is -7.57. The van der Waals surface area contributed by atoms with E-state index in [-0.39, 0.29) is 75.2 Å². The number of anilines is 1. The number of amides is 6. The first-order valence-electron chi connectivity index (χ1n) is 33.6. The molecule has 16 atom stereocenters. The van der Waals surface area contributed by atoms with E-state index in [1.165, 1.54) is 48.0 Å². The smallest absolute Gasteiger partial charge is 0.351 e. The second-order valence-corrected chi connectivity index (χ2v) is 27.5. The van der Waals surface area contributed by atoms with Crippen LogP contribution in [0, 0.1) is 35.5 Å². The Morgan fingerprint density at radius 3 is 2.07 bits per heavy atom. The lowest BCUT2D eigenvalue weighted by Gasteiger charge is -2.36. The number of benzene rings is 1. The molecule has 5 heterocycles. The highest BCUT2D eigenvalue weighted by atomic mass is 16.6. The van der Waals surface area contributed by atoms with Crippen molar-refractivity contribution >= 4 is 70.4 Å². The quantitative estimate of drug-likeness (QED) is 0.0613. The Labute approximate surface area is 567 Å². The molecule has 0 radical (unpaired) electrons. The molecule has 97 heavy (non-hydrogen) atoms. The van der Waals surface area contributed by atoms with Gasteiger partial charge in [-0.2, -0.15) is 4.98 Å². The highest BCUT2D eigenvalue weighted by Gasteiger charge is 2.46. The maximum Gasteiger partial charge on any atom is 0.351 e. The minimum atomic E-state index is -1.62. The van der Waals surface area contributed by atoms with Crippen molar-refractivity contribution in [2.75, 3.05) is 53.2 Å². The number of esters is 1. The number of methoxy groups -OCH3 is 1. The number of fused-ring (bicyclic) bond motifs is 1. The summed E-state index contributed by atoms with van der Waals surface area (Å²) in [5.74, 6) is -10.7. The van der Waals surface area contributed by atoms with Crippen LogP contribution in [0.3, 0.4) is 0 Å². The Bertz CT molecular complexity index is 3160. The average Bonchev–Trinajstić information content (AvgIpc) is 1.75. The molecule has 540 valence electrons. The maximum absolute atomic E-state index is 15.1. The van der Waals surface area contributed by atoms with Gasteiger partial charge >= 0.3 is 11.7 Å². The predicted molar refractivity (Wildman–Crippen MR) is 353 cm³/mol. The number of nitrogens with one attached hydrogen (secondary N) is 3. The normalized spacial score (nSPS) is 28.4. The number of aromatic nitrogens is 2. The van der Waals surface area contributed by atoms with E-state index in [1.54, 1.807) is 70.8 Å². The van der Waals surface area contributed by atoms with Gasteiger partial charge in [0.05, 0.1) is 56.8 Å². The number of ether oxygens (including phenoxy) is 3. The molecule has 29 nitrogen and oxygen atoms in total. The molecule has 4 aliphatic rings. The monoisotopic (exact) mass is 1360 g/mol. The summed E-state index contributed by atoms with van der Waals surface area (Å²) in [6.45, 7) is 18.0. The number of hydrogen-bond acceptors (Lipinski definition) is 22. The summed E-state index contributed by atoms with van der Waals surface area (Å²) in [6.07, 6.45) is -5.10. The molecule has 4 saturated heterocycles. The van der Waals surface area contributed by atoms with Gasteiger partial charge in [-0.1, -0.05) is 80.9 Å². The van der Waals surface area contributed by atoms with Crippen molar-refractivity contribution < 1.29 is 87.4 Å². The Kier molecular flexibility index (Phi) is 30.0. The number of likely N-dealkylation sites (N-methyl/N-ethyl adjacent to an activating group) is 2. The van der Waals surface area contributed by atoms with Gasteiger partial charge in [0, 0.05) is 39.7 Å². The number of aliphatic hydroxyl groups excluding tert-OH is 4. The zero-order valence-corrected chi connectivity index (χ0v) is 58.5. The fourth-order valence-corrected chi connectivity index (χ4v) is 12.8. The van der Waals surface area contributed by atoms with Gasteiger partial charge in [0.1, 0.15) is 54.0 Å². The molecular weight excluding hydrogens is 1260 g/mol. The average molecular weight is 1370 g/mol. The fraction of sp³-hybridized carbons (Fsp3) is 0.691. The largest absolute Gasteiger partial charge is 0.497 e. The van der Waals surface area contributed by atoms with Crippen molar-refractivity contribution in [3.63, 3.8) is 0 Å². The lowest BCUT2D eigenvalue weighted by atomic mass is 9.88. The van der Waals surface area contributed by atoms with Crippen molar-refractivity contribution in [3.8, 4) is 5.75 Å². The lowest BCUT2D eigenvalue weighted by Crippen LogP contribution is -2.60. The van der Waals surface area contributed by atoms with Crippen LogP contribution in [-0.2, 0) is 68.6 Å². The maximum atomic E-state index is 15.1. The van der Waals surface area contributed by atoms with E-state index in [2.05, 4.69) is 20.9 Å². The molecule has 6 amide bonds. The van der Waals surface area contributed by atoms with Crippen LogP contribution >= 0.6 is 0 Å². The molecule has 0 spiro atoms. The lowest BCUT2D eigenvalue weighted by molar-refractivity contribution is -0.162. The summed E-state index contributed by atoms with van der Waals surface area (Å²) in [5.41, 5.74) is 5.34. The van der Waals surface area contributed by atoms with Gasteiger partial charge in [-0.3, -0.25) is 62.2 Å². The number of nitrogen functional groups attached to an aromatic ring is 1. The first-order valence-corrected chi connectivity index (χ1v) is 33.6. The first-order chi connectivity index (χ1) is 45.6. The molecule has 4 aliphatic heterocycles. The van der Waals surface area contributed by atoms with Crippen molar-refractivity contribution in [3.05, 3.63) is 52.6 Å². The molecule has 0 aliphatic carbocycles. The molecule has 2 aromatic rings. The highest BCUT2D eigenvalue weighted by molar-refractivity contribution is 6.35. The van der Waals surface area contributed by atoms with E-state index in [4.69, 9.17) is 25.1 Å². The fourth-order valence-electron chi connectivity index (χ4n) is 12.8. The van der Waals surface area contributed by atoms with Gasteiger partial charge in [0.15, 0.2) is 29.7 Å². The number of cyclic esters (lactones) is 1. The van der Waals surface area contributed by atoms with Crippen LogP contribution in [0.5, 0.6) is 5.75 Å². The molecule has 1 aromatic carbocycles. The standard InChI is InChI=1S/C59H91N7O14.C9H13N3O5/c1-15-35(8)50-47(69)30-49(71)80-53(34(6)7)52(72)37(10)54(73)60-41(26-32(2)3)58(77)65-24-16-18-42(65)48(70)31-63(12)44(29-39-20-22-40(79-14)23-21-39)46(68)28-36(9)51(56(75)61-50)62-55(74)45(27-33(4)5)64(13)59(78)43-19-17-25-66(43)57(76)38(11)67;10-5-1-2-12(9(16)11-5)8-7(15)6(14)4(3-13)17-8/h20-23,32-37,41-45,47,50-51,53,69H,15-19,24-31H2,1-14H3,(H,60,73)(H,61,75)(H,62,74);1-2,4,6-8,13-15H,3H2,(H2,10,11,16)/t35-,36-,37-,41-,42-,43-,44-,45+,47-,50+,51-,53-;4-,6-,7+,8-/m01/s1. The minimum absolute atomic E-state index is 0.0537. The number of likely N-dealkylation sites (tertiary alicyclic amines) is 1. The van der Waals surface area contributed by atoms with Crippen LogP contribution in [0.4, 0.5) is 5.82 Å². The van der Waals surface area contributed by atoms with Gasteiger partial charge in [0.25, 0.3) is 5.91 Å². The molecule has 6 rings (SSSR count). The molecule has 4 fully saturated rings. The molecule has 1 aromatic heterocycles. The summed E-state index contributed by atoms with van der Waals surface area (Å²) in [5, 5.41) is 48.5. The Morgan fingerprint density at radius 2 is 1.51 bits per heavy atom. The van der Waals surface area contributed by atoms with E-state index < -0.39 is 180 Å². The van der Waals surface area contributed by atoms with Gasteiger partial charge < -0.3 is 71.0 Å². The van der Waals surface area contributed by atoms with Crippen molar-refractivity contribution in [1.29, 1.82) is 0 Å². The topological polar surface area (TPSA) is 406 Å². The van der Waals surface area contributed by atoms with Gasteiger partial charge in [-0.25, -0.2) is 4.79 Å². The van der Waals surface area contributed by atoms with Crippen LogP contribution < -0.4 is 32.1 Å². The number of rotatable bonds is 17. The van der Waals surface area contributed by atoms with Crippen molar-refractivity contribution in [2.45, 2.75) is 219 Å². The number of ketones is 4. The number of carbonyl (C=O) groups excluding carboxylic acids is 11. The SMILES string of the molecule is CC[C@H](C)[C@H]1NC(=O)[C@@H](NC(=O)[C@@H](CC(C)C)N(C)C(=O)[C@@H]2CCCN2C(=O)C(C)=O)[C@@H](C)CC(=O)[C@H](Cc2ccc(OC)cc2)N(C)CC(=O)[C@@H]2CCCN2C(=O)[C@H](CC(C)C)NC(=O)[C@@H](C)C(=O)[C@H](C(C)C)OC(=O)C[C@@H]1O.Nc1ccn([C@@H]2O[C@H](CO)[C@@H](O)[C@@H]2O)c(=O)n1. The second kappa shape index (κ2) is 36.3. The number of hydrogen-bond donors (Lipinski definition) is 8. The summed E-state index contributed by atoms with van der Waals surface area (Å²) < 4.78 is 17.3.